The molecular weight excluding hydrogens is 348 g/mol. The van der Waals surface area contributed by atoms with Crippen LogP contribution in [-0.2, 0) is 28.7 Å². The lowest BCUT2D eigenvalue weighted by Crippen LogP contribution is -2.41. The van der Waals surface area contributed by atoms with Crippen LogP contribution < -0.4 is 10.6 Å². The van der Waals surface area contributed by atoms with Crippen LogP contribution in [0.5, 0.6) is 0 Å². The van der Waals surface area contributed by atoms with E-state index in [2.05, 4.69) is 10.6 Å². The van der Waals surface area contributed by atoms with E-state index < -0.39 is 23.9 Å². The van der Waals surface area contributed by atoms with E-state index in [9.17, 15) is 19.2 Å². The molecule has 150 valence electrons. The number of carbonyl (C=O) groups is 4. The van der Waals surface area contributed by atoms with Crippen LogP contribution in [0.3, 0.4) is 0 Å². The lowest BCUT2D eigenvalue weighted by molar-refractivity contribution is -0.142. The van der Waals surface area contributed by atoms with Crippen molar-refractivity contribution in [3.63, 3.8) is 0 Å². The fraction of sp³-hybridized carbons (Fsp3) is 0.750. The highest BCUT2D eigenvalue weighted by molar-refractivity contribution is 5.84. The third kappa shape index (κ3) is 14.2. The van der Waals surface area contributed by atoms with Gasteiger partial charge in [0.15, 0.2) is 0 Å². The molecule has 10 nitrogen and oxygen atoms in total. The van der Waals surface area contributed by atoms with E-state index in [1.165, 1.54) is 0 Å². The smallest absolute Gasteiger partial charge is 0.326 e. The number of aliphatic carboxylic acids is 2. The number of nitrogens with one attached hydrogen (secondary N) is 2. The van der Waals surface area contributed by atoms with Crippen LogP contribution >= 0.6 is 0 Å². The molecule has 0 aromatic heterocycles. The van der Waals surface area contributed by atoms with Gasteiger partial charge in [-0.2, -0.15) is 0 Å². The molecule has 0 saturated heterocycles. The summed E-state index contributed by atoms with van der Waals surface area (Å²) in [6.45, 7) is 4.02. The lowest BCUT2D eigenvalue weighted by atomic mass is 10.1. The summed E-state index contributed by atoms with van der Waals surface area (Å²) in [5.74, 6) is -3.17. The zero-order valence-electron chi connectivity index (χ0n) is 15.0. The summed E-state index contributed by atoms with van der Waals surface area (Å²) in [6.07, 6.45) is -0.249. The Hall–Kier alpha value is -2.20. The molecule has 1 unspecified atom stereocenters. The molecule has 4 N–H and O–H groups in total. The maximum atomic E-state index is 11.7. The first-order valence-corrected chi connectivity index (χ1v) is 8.53. The Bertz CT molecular complexity index is 456. The summed E-state index contributed by atoms with van der Waals surface area (Å²) >= 11 is 0. The van der Waals surface area contributed by atoms with Crippen molar-refractivity contribution in [2.75, 3.05) is 33.0 Å². The molecule has 10 heteroatoms. The SMILES string of the molecule is CCOCCOCCNC(=O)CCC(NC(=O)CCCC(=O)O)C(=O)O. The Morgan fingerprint density at radius 1 is 0.923 bits per heavy atom. The van der Waals surface area contributed by atoms with Gasteiger partial charge in [0, 0.05) is 32.4 Å². The molecule has 2 amide bonds. The van der Waals surface area contributed by atoms with Gasteiger partial charge in [-0.1, -0.05) is 0 Å². The van der Waals surface area contributed by atoms with Crippen molar-refractivity contribution in [3.05, 3.63) is 0 Å². The molecule has 0 fully saturated rings. The van der Waals surface area contributed by atoms with Gasteiger partial charge in [-0.15, -0.1) is 0 Å². The van der Waals surface area contributed by atoms with Crippen molar-refractivity contribution in [2.45, 2.75) is 45.1 Å². The minimum atomic E-state index is -1.25. The van der Waals surface area contributed by atoms with Gasteiger partial charge >= 0.3 is 11.9 Å². The van der Waals surface area contributed by atoms with Crippen molar-refractivity contribution < 1.29 is 38.9 Å². The predicted molar refractivity (Wildman–Crippen MR) is 90.6 cm³/mol. The Labute approximate surface area is 152 Å². The van der Waals surface area contributed by atoms with Crippen LogP contribution in [0.2, 0.25) is 0 Å². The summed E-state index contributed by atoms with van der Waals surface area (Å²) in [5.41, 5.74) is 0. The average Bonchev–Trinajstić information content (AvgIpc) is 2.57. The average molecular weight is 376 g/mol. The van der Waals surface area contributed by atoms with Crippen LogP contribution in [0.25, 0.3) is 0 Å². The maximum absolute atomic E-state index is 11.7. The molecule has 0 bridgehead atoms. The van der Waals surface area contributed by atoms with E-state index in [-0.39, 0.29) is 38.0 Å². The zero-order valence-corrected chi connectivity index (χ0v) is 15.0. The molecule has 0 aromatic carbocycles. The predicted octanol–water partition coefficient (Wildman–Crippen LogP) is -0.240. The van der Waals surface area contributed by atoms with E-state index in [1.54, 1.807) is 0 Å². The van der Waals surface area contributed by atoms with E-state index in [0.717, 1.165) is 0 Å². The summed E-state index contributed by atoms with van der Waals surface area (Å²) < 4.78 is 10.3. The van der Waals surface area contributed by atoms with Gasteiger partial charge < -0.3 is 30.3 Å². The number of ether oxygens (including phenoxy) is 2. The summed E-state index contributed by atoms with van der Waals surface area (Å²) in [5, 5.41) is 22.5. The molecule has 0 aliphatic rings. The highest BCUT2D eigenvalue weighted by atomic mass is 16.5. The van der Waals surface area contributed by atoms with Crippen molar-refractivity contribution in [2.24, 2.45) is 0 Å². The molecule has 1 atom stereocenters. The lowest BCUT2D eigenvalue weighted by Gasteiger charge is -2.14. The fourth-order valence-corrected chi connectivity index (χ4v) is 1.91. The van der Waals surface area contributed by atoms with Gasteiger partial charge in [0.05, 0.1) is 19.8 Å². The van der Waals surface area contributed by atoms with Crippen LogP contribution in [0.1, 0.15) is 39.0 Å². The Kier molecular flexibility index (Phi) is 13.8. The monoisotopic (exact) mass is 376 g/mol. The normalized spacial score (nSPS) is 11.6. The second kappa shape index (κ2) is 15.1. The first-order chi connectivity index (χ1) is 12.4. The standard InChI is InChI=1S/C16H28N2O8/c1-2-25-10-11-26-9-8-17-13(19)7-6-12(16(23)24)18-14(20)4-3-5-15(21)22/h12H,2-11H2,1H3,(H,17,19)(H,18,20)(H,21,22)(H,23,24). The zero-order chi connectivity index (χ0) is 19.8. The van der Waals surface area contributed by atoms with E-state index in [0.29, 0.717) is 33.0 Å². The second-order valence-corrected chi connectivity index (χ2v) is 5.40. The molecule has 26 heavy (non-hydrogen) atoms. The third-order valence-electron chi connectivity index (χ3n) is 3.23. The van der Waals surface area contributed by atoms with Gasteiger partial charge in [-0.05, 0) is 19.8 Å². The first kappa shape index (κ1) is 23.8. The molecule has 0 spiro atoms. The van der Waals surface area contributed by atoms with E-state index in [1.807, 2.05) is 6.92 Å². The number of hydrogen-bond donors (Lipinski definition) is 4. The Balaban J connectivity index is 3.93. The van der Waals surface area contributed by atoms with Gasteiger partial charge in [0.2, 0.25) is 11.8 Å². The number of amides is 2. The Morgan fingerprint density at radius 3 is 2.23 bits per heavy atom. The van der Waals surface area contributed by atoms with E-state index in [4.69, 9.17) is 19.7 Å². The van der Waals surface area contributed by atoms with Crippen molar-refractivity contribution >= 4 is 23.8 Å². The highest BCUT2D eigenvalue weighted by Gasteiger charge is 2.20. The van der Waals surface area contributed by atoms with Crippen LogP contribution in [0.15, 0.2) is 0 Å². The quantitative estimate of drug-likeness (QED) is 0.269. The summed E-state index contributed by atoms with van der Waals surface area (Å²) in [4.78, 5) is 44.8. The van der Waals surface area contributed by atoms with Crippen molar-refractivity contribution in [3.8, 4) is 0 Å². The number of hydrogen-bond acceptors (Lipinski definition) is 6. The number of carboxylic acid groups (broad SMARTS) is 2. The number of carbonyl (C=O) groups excluding carboxylic acids is 2. The van der Waals surface area contributed by atoms with Gasteiger partial charge in [0.25, 0.3) is 0 Å². The van der Waals surface area contributed by atoms with Gasteiger partial charge in [-0.3, -0.25) is 14.4 Å². The molecule has 0 saturated carbocycles. The fourth-order valence-electron chi connectivity index (χ4n) is 1.91. The van der Waals surface area contributed by atoms with Crippen molar-refractivity contribution in [1.29, 1.82) is 0 Å². The number of rotatable bonds is 16. The molecule has 0 aliphatic carbocycles. The maximum Gasteiger partial charge on any atom is 0.326 e. The highest BCUT2D eigenvalue weighted by Crippen LogP contribution is 2.01. The largest absolute Gasteiger partial charge is 0.481 e. The molecule has 0 aromatic rings. The van der Waals surface area contributed by atoms with Crippen LogP contribution in [0, 0.1) is 0 Å². The first-order valence-electron chi connectivity index (χ1n) is 8.53. The molecule has 0 heterocycles. The molecule has 0 aliphatic heterocycles. The molecule has 0 rings (SSSR count). The number of carboxylic acids is 2. The molecule has 0 radical (unpaired) electrons. The third-order valence-corrected chi connectivity index (χ3v) is 3.23. The van der Waals surface area contributed by atoms with Crippen molar-refractivity contribution in [1.82, 2.24) is 10.6 Å². The van der Waals surface area contributed by atoms with Gasteiger partial charge in [0.1, 0.15) is 6.04 Å². The van der Waals surface area contributed by atoms with E-state index >= 15 is 0 Å². The topological polar surface area (TPSA) is 151 Å². The minimum Gasteiger partial charge on any atom is -0.481 e. The minimum absolute atomic E-state index is 0.0585. The Morgan fingerprint density at radius 2 is 1.62 bits per heavy atom. The summed E-state index contributed by atoms with van der Waals surface area (Å²) in [7, 11) is 0. The second-order valence-electron chi connectivity index (χ2n) is 5.40. The van der Waals surface area contributed by atoms with Crippen LogP contribution in [-0.4, -0.2) is 73.0 Å². The summed E-state index contributed by atoms with van der Waals surface area (Å²) in [6, 6.07) is -1.19. The van der Waals surface area contributed by atoms with Crippen LogP contribution in [0.4, 0.5) is 0 Å². The molecular formula is C16H28N2O8. The van der Waals surface area contributed by atoms with Gasteiger partial charge in [-0.25, -0.2) is 4.79 Å².